The molecule has 1 aromatic carbocycles. The van der Waals surface area contributed by atoms with Crippen LogP contribution in [0.3, 0.4) is 0 Å². The van der Waals surface area contributed by atoms with Crippen LogP contribution in [0.15, 0.2) is 28.8 Å². The van der Waals surface area contributed by atoms with Crippen molar-refractivity contribution in [2.75, 3.05) is 13.2 Å². The van der Waals surface area contributed by atoms with Gasteiger partial charge in [0.1, 0.15) is 0 Å². The van der Waals surface area contributed by atoms with E-state index in [9.17, 15) is 5.11 Å². The van der Waals surface area contributed by atoms with E-state index < -0.39 is 0 Å². The summed E-state index contributed by atoms with van der Waals surface area (Å²) < 4.78 is 5.32. The predicted molar refractivity (Wildman–Crippen MR) is 78.7 cm³/mol. The van der Waals surface area contributed by atoms with Crippen molar-refractivity contribution >= 4 is 0 Å². The lowest BCUT2D eigenvalue weighted by atomic mass is 9.93. The molecule has 1 aliphatic rings. The number of aliphatic hydroxyl groups is 1. The minimum Gasteiger partial charge on any atom is -0.394 e. The largest absolute Gasteiger partial charge is 0.394 e. The van der Waals surface area contributed by atoms with Gasteiger partial charge in [-0.15, -0.1) is 0 Å². The third kappa shape index (κ3) is 2.99. The summed E-state index contributed by atoms with van der Waals surface area (Å²) in [5.74, 6) is 1.40. The lowest BCUT2D eigenvalue weighted by Gasteiger charge is -2.35. The van der Waals surface area contributed by atoms with E-state index in [1.165, 1.54) is 11.1 Å². The zero-order valence-corrected chi connectivity index (χ0v) is 12.3. The Bertz CT molecular complexity index is 597. The van der Waals surface area contributed by atoms with Crippen LogP contribution in [0.25, 0.3) is 0 Å². The number of nitrogens with zero attached hydrogens (tertiary/aromatic N) is 3. The number of rotatable bonds is 5. The molecular weight excluding hydrogens is 266 g/mol. The zero-order valence-electron chi connectivity index (χ0n) is 12.3. The van der Waals surface area contributed by atoms with Gasteiger partial charge in [0.05, 0.1) is 19.2 Å². The Morgan fingerprint density at radius 3 is 3.05 bits per heavy atom. The molecule has 0 bridgehead atoms. The molecule has 3 rings (SSSR count). The van der Waals surface area contributed by atoms with Gasteiger partial charge < -0.3 is 9.63 Å². The van der Waals surface area contributed by atoms with Gasteiger partial charge in [0.2, 0.25) is 5.89 Å². The molecule has 2 aromatic rings. The normalized spacial score (nSPS) is 18.7. The fourth-order valence-electron chi connectivity index (χ4n) is 2.96. The molecule has 2 heterocycles. The van der Waals surface area contributed by atoms with Gasteiger partial charge in [-0.1, -0.05) is 36.3 Å². The molecule has 0 spiro atoms. The van der Waals surface area contributed by atoms with Crippen molar-refractivity contribution in [3.05, 3.63) is 47.1 Å². The lowest BCUT2D eigenvalue weighted by Crippen LogP contribution is -2.36. The zero-order chi connectivity index (χ0) is 14.7. The molecule has 5 nitrogen and oxygen atoms in total. The van der Waals surface area contributed by atoms with Crippen LogP contribution in [0.4, 0.5) is 0 Å². The first-order valence-corrected chi connectivity index (χ1v) is 7.56. The number of hydrogen-bond acceptors (Lipinski definition) is 5. The van der Waals surface area contributed by atoms with E-state index in [4.69, 9.17) is 4.52 Å². The van der Waals surface area contributed by atoms with Gasteiger partial charge in [0.25, 0.3) is 0 Å². The molecule has 21 heavy (non-hydrogen) atoms. The average Bonchev–Trinajstić information content (AvgIpc) is 2.95. The molecule has 1 aliphatic heterocycles. The van der Waals surface area contributed by atoms with Crippen molar-refractivity contribution in [3.8, 4) is 0 Å². The Kier molecular flexibility index (Phi) is 4.31. The van der Waals surface area contributed by atoms with Gasteiger partial charge in [0, 0.05) is 13.0 Å². The second-order valence-electron chi connectivity index (χ2n) is 5.47. The van der Waals surface area contributed by atoms with E-state index in [1.807, 2.05) is 6.07 Å². The van der Waals surface area contributed by atoms with E-state index >= 15 is 0 Å². The summed E-state index contributed by atoms with van der Waals surface area (Å²) in [6.07, 6.45) is 2.84. The molecule has 0 saturated carbocycles. The van der Waals surface area contributed by atoms with Crippen LogP contribution in [-0.2, 0) is 19.4 Å². The van der Waals surface area contributed by atoms with Crippen LogP contribution >= 0.6 is 0 Å². The number of aromatic nitrogens is 2. The summed E-state index contributed by atoms with van der Waals surface area (Å²) in [7, 11) is 0. The molecule has 0 aliphatic carbocycles. The predicted octanol–water partition coefficient (Wildman–Crippen LogP) is 2.11. The summed E-state index contributed by atoms with van der Waals surface area (Å²) in [5.41, 5.74) is 2.53. The van der Waals surface area contributed by atoms with Gasteiger partial charge in [0.15, 0.2) is 5.82 Å². The number of benzene rings is 1. The van der Waals surface area contributed by atoms with Gasteiger partial charge in [-0.3, -0.25) is 4.90 Å². The number of hydrogen-bond donors (Lipinski definition) is 1. The fraction of sp³-hybridized carbons (Fsp3) is 0.500. The maximum absolute atomic E-state index is 9.77. The van der Waals surface area contributed by atoms with Crippen LogP contribution in [0, 0.1) is 0 Å². The lowest BCUT2D eigenvalue weighted by molar-refractivity contribution is 0.0971. The maximum Gasteiger partial charge on any atom is 0.240 e. The Morgan fingerprint density at radius 2 is 2.24 bits per heavy atom. The van der Waals surface area contributed by atoms with Crippen molar-refractivity contribution in [1.82, 2.24) is 15.0 Å². The fourth-order valence-corrected chi connectivity index (χ4v) is 2.96. The molecule has 1 atom stereocenters. The first kappa shape index (κ1) is 14.2. The molecule has 0 fully saturated rings. The highest BCUT2D eigenvalue weighted by atomic mass is 16.5. The van der Waals surface area contributed by atoms with Crippen LogP contribution in [0.2, 0.25) is 0 Å². The Balaban J connectivity index is 1.76. The molecule has 1 unspecified atom stereocenters. The van der Waals surface area contributed by atoms with Crippen molar-refractivity contribution in [2.24, 2.45) is 0 Å². The summed E-state index contributed by atoms with van der Waals surface area (Å²) in [6.45, 7) is 3.69. The monoisotopic (exact) mass is 287 g/mol. The second-order valence-corrected chi connectivity index (χ2v) is 5.47. The highest BCUT2D eigenvalue weighted by Gasteiger charge is 2.27. The maximum atomic E-state index is 9.77. The quantitative estimate of drug-likeness (QED) is 0.912. The molecule has 0 amide bonds. The minimum atomic E-state index is 0.0106. The molecule has 5 heteroatoms. The summed E-state index contributed by atoms with van der Waals surface area (Å²) in [4.78, 5) is 6.63. The minimum absolute atomic E-state index is 0.0106. The van der Waals surface area contributed by atoms with Crippen LogP contribution in [0.1, 0.15) is 42.2 Å². The first-order valence-electron chi connectivity index (χ1n) is 7.56. The highest BCUT2D eigenvalue weighted by Crippen LogP contribution is 2.30. The van der Waals surface area contributed by atoms with Crippen LogP contribution < -0.4 is 0 Å². The molecule has 0 radical (unpaired) electrons. The third-order valence-electron chi connectivity index (χ3n) is 4.02. The Labute approximate surface area is 124 Å². The van der Waals surface area contributed by atoms with E-state index in [0.29, 0.717) is 12.4 Å². The standard InChI is InChI=1S/C16H21N3O2/c1-2-5-15-17-16(21-18-15)10-19-9-8-12-6-3-4-7-13(12)14(19)11-20/h3-4,6-7,14,20H,2,5,8-11H2,1H3. The number of aryl methyl sites for hydroxylation is 1. The third-order valence-corrected chi connectivity index (χ3v) is 4.02. The molecule has 0 saturated heterocycles. The number of aliphatic hydroxyl groups excluding tert-OH is 1. The second kappa shape index (κ2) is 6.37. The van der Waals surface area contributed by atoms with E-state index in [-0.39, 0.29) is 12.6 Å². The van der Waals surface area contributed by atoms with E-state index in [0.717, 1.165) is 31.6 Å². The van der Waals surface area contributed by atoms with Gasteiger partial charge >= 0.3 is 0 Å². The molecular formula is C16H21N3O2. The smallest absolute Gasteiger partial charge is 0.240 e. The highest BCUT2D eigenvalue weighted by molar-refractivity contribution is 5.32. The molecule has 1 aromatic heterocycles. The molecule has 1 N–H and O–H groups in total. The van der Waals surface area contributed by atoms with Crippen molar-refractivity contribution in [1.29, 1.82) is 0 Å². The van der Waals surface area contributed by atoms with Crippen LogP contribution in [0.5, 0.6) is 0 Å². The average molecular weight is 287 g/mol. The summed E-state index contributed by atoms with van der Waals surface area (Å²) in [5, 5.41) is 13.8. The van der Waals surface area contributed by atoms with Crippen molar-refractivity contribution in [3.63, 3.8) is 0 Å². The van der Waals surface area contributed by atoms with Gasteiger partial charge in [-0.05, 0) is 24.0 Å². The number of fused-ring (bicyclic) bond motifs is 1. The van der Waals surface area contributed by atoms with Crippen molar-refractivity contribution in [2.45, 2.75) is 38.8 Å². The summed E-state index contributed by atoms with van der Waals surface area (Å²) in [6, 6.07) is 8.33. The van der Waals surface area contributed by atoms with Crippen molar-refractivity contribution < 1.29 is 9.63 Å². The Morgan fingerprint density at radius 1 is 1.38 bits per heavy atom. The topological polar surface area (TPSA) is 62.4 Å². The van der Waals surface area contributed by atoms with Gasteiger partial charge in [-0.2, -0.15) is 4.98 Å². The van der Waals surface area contributed by atoms with E-state index in [1.54, 1.807) is 0 Å². The van der Waals surface area contributed by atoms with E-state index in [2.05, 4.69) is 40.2 Å². The van der Waals surface area contributed by atoms with Crippen LogP contribution in [-0.4, -0.2) is 33.3 Å². The SMILES string of the molecule is CCCc1noc(CN2CCc3ccccc3C2CO)n1. The first-order chi connectivity index (χ1) is 10.3. The molecule has 112 valence electrons. The Hall–Kier alpha value is -1.72. The van der Waals surface area contributed by atoms with Gasteiger partial charge in [-0.25, -0.2) is 0 Å². The summed E-state index contributed by atoms with van der Waals surface area (Å²) >= 11 is 0.